The summed E-state index contributed by atoms with van der Waals surface area (Å²) in [5.74, 6) is 0. The van der Waals surface area contributed by atoms with Crippen LogP contribution in [0.3, 0.4) is 0 Å². The van der Waals surface area contributed by atoms with E-state index in [1.165, 1.54) is 4.68 Å². The number of nitrogens with one attached hydrogen (secondary N) is 1. The zero-order valence-electron chi connectivity index (χ0n) is 8.79. The predicted octanol–water partition coefficient (Wildman–Crippen LogP) is 0.551. The van der Waals surface area contributed by atoms with Crippen molar-refractivity contribution in [3.05, 3.63) is 28.2 Å². The maximum absolute atomic E-state index is 11.4. The molecule has 4 heteroatoms. The topological polar surface area (TPSA) is 46.9 Å². The molecule has 0 aliphatic carbocycles. The second-order valence-corrected chi connectivity index (χ2v) is 3.34. The van der Waals surface area contributed by atoms with E-state index in [0.29, 0.717) is 6.54 Å². The van der Waals surface area contributed by atoms with Gasteiger partial charge in [-0.05, 0) is 25.5 Å². The lowest BCUT2D eigenvalue weighted by Crippen LogP contribution is -2.28. The van der Waals surface area contributed by atoms with E-state index in [4.69, 9.17) is 0 Å². The Hall–Kier alpha value is -1.16. The standard InChI is InChI=1S/C10H17N3O/c1-3-4-11-5-6-13-10(14)7-9(2)8-12-13/h7-8,11H,3-6H2,1-2H3. The first-order valence-corrected chi connectivity index (χ1v) is 4.98. The highest BCUT2D eigenvalue weighted by atomic mass is 16.1. The average molecular weight is 195 g/mol. The van der Waals surface area contributed by atoms with Crippen LogP contribution < -0.4 is 10.9 Å². The molecule has 1 heterocycles. The van der Waals surface area contributed by atoms with E-state index in [1.807, 2.05) is 6.92 Å². The quantitative estimate of drug-likeness (QED) is 0.698. The van der Waals surface area contributed by atoms with E-state index in [9.17, 15) is 4.79 Å². The molecule has 4 nitrogen and oxygen atoms in total. The molecule has 78 valence electrons. The average Bonchev–Trinajstić information content (AvgIpc) is 2.15. The largest absolute Gasteiger partial charge is 0.315 e. The Morgan fingerprint density at radius 3 is 2.93 bits per heavy atom. The number of aryl methyl sites for hydroxylation is 1. The summed E-state index contributed by atoms with van der Waals surface area (Å²) in [4.78, 5) is 11.4. The zero-order chi connectivity index (χ0) is 10.4. The van der Waals surface area contributed by atoms with Crippen LogP contribution in [0.5, 0.6) is 0 Å². The number of aromatic nitrogens is 2. The monoisotopic (exact) mass is 195 g/mol. The van der Waals surface area contributed by atoms with Crippen LogP contribution in [0.2, 0.25) is 0 Å². The third kappa shape index (κ3) is 3.30. The Bertz CT molecular complexity index is 332. The van der Waals surface area contributed by atoms with E-state index in [1.54, 1.807) is 12.3 Å². The van der Waals surface area contributed by atoms with Crippen LogP contribution in [0.25, 0.3) is 0 Å². The molecule has 1 aromatic heterocycles. The highest BCUT2D eigenvalue weighted by Gasteiger charge is 1.96. The SMILES string of the molecule is CCCNCCn1ncc(C)cc1=O. The summed E-state index contributed by atoms with van der Waals surface area (Å²) in [5.41, 5.74) is 0.885. The Morgan fingerprint density at radius 1 is 1.50 bits per heavy atom. The van der Waals surface area contributed by atoms with Crippen molar-refractivity contribution < 1.29 is 0 Å². The van der Waals surface area contributed by atoms with Gasteiger partial charge in [0.15, 0.2) is 0 Å². The Morgan fingerprint density at radius 2 is 2.29 bits per heavy atom. The fraction of sp³-hybridized carbons (Fsp3) is 0.600. The fourth-order valence-electron chi connectivity index (χ4n) is 1.18. The summed E-state index contributed by atoms with van der Waals surface area (Å²) in [6, 6.07) is 1.60. The molecule has 0 aliphatic rings. The highest BCUT2D eigenvalue weighted by molar-refractivity contribution is 5.02. The lowest BCUT2D eigenvalue weighted by Gasteiger charge is -2.05. The molecule has 0 aromatic carbocycles. The van der Waals surface area contributed by atoms with Crippen molar-refractivity contribution >= 4 is 0 Å². The molecule has 1 aromatic rings. The van der Waals surface area contributed by atoms with Gasteiger partial charge in [-0.3, -0.25) is 4.79 Å². The second-order valence-electron chi connectivity index (χ2n) is 3.34. The van der Waals surface area contributed by atoms with Crippen LogP contribution in [0.1, 0.15) is 18.9 Å². The van der Waals surface area contributed by atoms with Crippen molar-refractivity contribution in [3.8, 4) is 0 Å². The van der Waals surface area contributed by atoms with Gasteiger partial charge in [0.2, 0.25) is 0 Å². The Labute approximate surface area is 84.0 Å². The molecule has 0 radical (unpaired) electrons. The van der Waals surface area contributed by atoms with Gasteiger partial charge < -0.3 is 5.32 Å². The summed E-state index contributed by atoms with van der Waals surface area (Å²) >= 11 is 0. The van der Waals surface area contributed by atoms with Crippen molar-refractivity contribution in [2.75, 3.05) is 13.1 Å². The normalized spacial score (nSPS) is 10.4. The molecule has 0 aliphatic heterocycles. The molecule has 0 saturated heterocycles. The molecule has 0 amide bonds. The van der Waals surface area contributed by atoms with Gasteiger partial charge in [0.25, 0.3) is 5.56 Å². The van der Waals surface area contributed by atoms with Gasteiger partial charge in [0, 0.05) is 12.6 Å². The molecule has 1 N–H and O–H groups in total. The Balaban J connectivity index is 2.47. The van der Waals surface area contributed by atoms with Crippen molar-refractivity contribution in [3.63, 3.8) is 0 Å². The van der Waals surface area contributed by atoms with E-state index < -0.39 is 0 Å². The zero-order valence-corrected chi connectivity index (χ0v) is 8.79. The molecular weight excluding hydrogens is 178 g/mol. The van der Waals surface area contributed by atoms with Crippen LogP contribution in [0.4, 0.5) is 0 Å². The third-order valence-corrected chi connectivity index (χ3v) is 1.93. The van der Waals surface area contributed by atoms with Crippen LogP contribution in [0, 0.1) is 6.92 Å². The number of hydrogen-bond acceptors (Lipinski definition) is 3. The van der Waals surface area contributed by atoms with Crippen LogP contribution in [0.15, 0.2) is 17.1 Å². The third-order valence-electron chi connectivity index (χ3n) is 1.93. The maximum Gasteiger partial charge on any atom is 0.267 e. The van der Waals surface area contributed by atoms with Gasteiger partial charge >= 0.3 is 0 Å². The van der Waals surface area contributed by atoms with E-state index in [0.717, 1.165) is 25.1 Å². The number of hydrogen-bond donors (Lipinski definition) is 1. The van der Waals surface area contributed by atoms with Crippen LogP contribution in [-0.4, -0.2) is 22.9 Å². The molecule has 1 rings (SSSR count). The lowest BCUT2D eigenvalue weighted by atomic mass is 10.3. The Kier molecular flexibility index (Phi) is 4.32. The predicted molar refractivity (Wildman–Crippen MR) is 56.4 cm³/mol. The van der Waals surface area contributed by atoms with Gasteiger partial charge in [0.1, 0.15) is 0 Å². The molecule has 14 heavy (non-hydrogen) atoms. The van der Waals surface area contributed by atoms with Gasteiger partial charge in [-0.15, -0.1) is 0 Å². The summed E-state index contributed by atoms with van der Waals surface area (Å²) < 4.78 is 1.48. The summed E-state index contributed by atoms with van der Waals surface area (Å²) in [6.07, 6.45) is 2.82. The van der Waals surface area contributed by atoms with Crippen molar-refractivity contribution in [2.45, 2.75) is 26.8 Å². The minimum atomic E-state index is -0.0247. The fourth-order valence-corrected chi connectivity index (χ4v) is 1.18. The maximum atomic E-state index is 11.4. The second kappa shape index (κ2) is 5.54. The molecule has 0 bridgehead atoms. The van der Waals surface area contributed by atoms with E-state index in [-0.39, 0.29) is 5.56 Å². The first-order chi connectivity index (χ1) is 6.74. The van der Waals surface area contributed by atoms with Gasteiger partial charge in [-0.2, -0.15) is 5.10 Å². The van der Waals surface area contributed by atoms with E-state index >= 15 is 0 Å². The van der Waals surface area contributed by atoms with Crippen LogP contribution >= 0.6 is 0 Å². The van der Waals surface area contributed by atoms with E-state index in [2.05, 4.69) is 17.3 Å². The smallest absolute Gasteiger partial charge is 0.267 e. The van der Waals surface area contributed by atoms with Crippen molar-refractivity contribution in [1.29, 1.82) is 0 Å². The molecule has 0 fully saturated rings. The van der Waals surface area contributed by atoms with Crippen LogP contribution in [-0.2, 0) is 6.54 Å². The van der Waals surface area contributed by atoms with Gasteiger partial charge in [-0.1, -0.05) is 6.92 Å². The molecular formula is C10H17N3O. The first kappa shape index (κ1) is 10.9. The van der Waals surface area contributed by atoms with Crippen molar-refractivity contribution in [1.82, 2.24) is 15.1 Å². The number of rotatable bonds is 5. The molecule has 0 spiro atoms. The van der Waals surface area contributed by atoms with Gasteiger partial charge in [0.05, 0.1) is 12.7 Å². The summed E-state index contributed by atoms with van der Waals surface area (Å²) in [5, 5.41) is 7.27. The van der Waals surface area contributed by atoms with Crippen molar-refractivity contribution in [2.24, 2.45) is 0 Å². The lowest BCUT2D eigenvalue weighted by molar-refractivity contribution is 0.530. The first-order valence-electron chi connectivity index (χ1n) is 4.98. The number of nitrogens with zero attached hydrogens (tertiary/aromatic N) is 2. The highest BCUT2D eigenvalue weighted by Crippen LogP contribution is 1.85. The summed E-state index contributed by atoms with van der Waals surface area (Å²) in [7, 11) is 0. The van der Waals surface area contributed by atoms with Gasteiger partial charge in [-0.25, -0.2) is 4.68 Å². The molecule has 0 saturated carbocycles. The minimum absolute atomic E-state index is 0.0247. The molecule has 0 unspecified atom stereocenters. The summed E-state index contributed by atoms with van der Waals surface area (Å²) in [6.45, 7) is 6.40. The minimum Gasteiger partial charge on any atom is -0.315 e. The molecule has 0 atom stereocenters.